The van der Waals surface area contributed by atoms with E-state index in [1.165, 1.54) is 18.2 Å². The summed E-state index contributed by atoms with van der Waals surface area (Å²) in [4.78, 5) is 22.5. The van der Waals surface area contributed by atoms with Gasteiger partial charge in [0, 0.05) is 22.5 Å². The van der Waals surface area contributed by atoms with Crippen molar-refractivity contribution >= 4 is 41.1 Å². The van der Waals surface area contributed by atoms with Crippen molar-refractivity contribution in [2.45, 2.75) is 13.0 Å². The number of rotatable bonds is 5. The first-order valence-corrected chi connectivity index (χ1v) is 7.30. The summed E-state index contributed by atoms with van der Waals surface area (Å²) in [6, 6.07) is 3.80. The Balaban J connectivity index is 2.71. The van der Waals surface area contributed by atoms with Gasteiger partial charge in [-0.25, -0.2) is 9.59 Å². The molecule has 2 amide bonds. The van der Waals surface area contributed by atoms with E-state index in [1.54, 1.807) is 11.8 Å². The molecule has 0 spiro atoms. The molecule has 0 aromatic heterocycles. The fraction of sp³-hybridized carbons (Fsp3) is 0.333. The number of carboxylic acid groups (broad SMARTS) is 1. The first-order valence-electron chi connectivity index (χ1n) is 5.52. The molecule has 0 fully saturated rings. The smallest absolute Gasteiger partial charge is 0.335 e. The Morgan fingerprint density at radius 2 is 2.11 bits per heavy atom. The number of carboxylic acids is 1. The van der Waals surface area contributed by atoms with Crippen LogP contribution >= 0.6 is 23.4 Å². The van der Waals surface area contributed by atoms with Crippen molar-refractivity contribution in [1.29, 1.82) is 0 Å². The summed E-state index contributed by atoms with van der Waals surface area (Å²) in [5.41, 5.74) is 0.374. The quantitative estimate of drug-likeness (QED) is 0.781. The van der Waals surface area contributed by atoms with Crippen LogP contribution in [0.15, 0.2) is 18.2 Å². The highest BCUT2D eigenvalue weighted by Crippen LogP contribution is 2.19. The molecule has 7 heteroatoms. The summed E-state index contributed by atoms with van der Waals surface area (Å²) in [6.07, 6.45) is 1.95. The van der Waals surface area contributed by atoms with E-state index in [9.17, 15) is 9.59 Å². The van der Waals surface area contributed by atoms with Gasteiger partial charge in [-0.15, -0.1) is 0 Å². The van der Waals surface area contributed by atoms with Gasteiger partial charge in [0.1, 0.15) is 0 Å². The van der Waals surface area contributed by atoms with Crippen LogP contribution in [0.4, 0.5) is 10.5 Å². The number of hydrogen-bond acceptors (Lipinski definition) is 3. The zero-order chi connectivity index (χ0) is 14.4. The zero-order valence-electron chi connectivity index (χ0n) is 10.6. The molecule has 1 aromatic rings. The molecule has 0 radical (unpaired) electrons. The standard InChI is InChI=1S/C12H15ClN2O3S/c1-7(6-19-2)14-12(18)15-10-4-8(11(16)17)3-9(13)5-10/h3-5,7H,6H2,1-2H3,(H,16,17)(H2,14,15,18). The average Bonchev–Trinajstić information content (AvgIpc) is 2.27. The number of aromatic carboxylic acids is 1. The first-order chi connectivity index (χ1) is 8.92. The third kappa shape index (κ3) is 5.40. The van der Waals surface area contributed by atoms with Crippen molar-refractivity contribution in [1.82, 2.24) is 5.32 Å². The third-order valence-electron chi connectivity index (χ3n) is 2.20. The van der Waals surface area contributed by atoms with Crippen LogP contribution in [0, 0.1) is 0 Å². The summed E-state index contributed by atoms with van der Waals surface area (Å²) >= 11 is 7.42. The lowest BCUT2D eigenvalue weighted by atomic mass is 10.2. The lowest BCUT2D eigenvalue weighted by molar-refractivity contribution is 0.0697. The van der Waals surface area contributed by atoms with Gasteiger partial charge in [0.05, 0.1) is 5.56 Å². The molecule has 0 saturated heterocycles. The monoisotopic (exact) mass is 302 g/mol. The lowest BCUT2D eigenvalue weighted by Crippen LogP contribution is -2.37. The predicted octanol–water partition coefficient (Wildman–Crippen LogP) is 2.91. The highest BCUT2D eigenvalue weighted by atomic mass is 35.5. The van der Waals surface area contributed by atoms with Crippen molar-refractivity contribution in [3.05, 3.63) is 28.8 Å². The molecule has 5 nitrogen and oxygen atoms in total. The van der Waals surface area contributed by atoms with Crippen molar-refractivity contribution in [2.24, 2.45) is 0 Å². The fourth-order valence-corrected chi connectivity index (χ4v) is 2.29. The number of thioether (sulfide) groups is 1. The van der Waals surface area contributed by atoms with Gasteiger partial charge in [0.15, 0.2) is 0 Å². The Bertz CT molecular complexity index is 482. The molecular weight excluding hydrogens is 288 g/mol. The van der Waals surface area contributed by atoms with Crippen LogP contribution in [0.2, 0.25) is 5.02 Å². The Morgan fingerprint density at radius 1 is 1.42 bits per heavy atom. The Morgan fingerprint density at radius 3 is 2.68 bits per heavy atom. The molecule has 3 N–H and O–H groups in total. The number of nitrogens with one attached hydrogen (secondary N) is 2. The van der Waals surface area contributed by atoms with Crippen LogP contribution in [-0.4, -0.2) is 35.2 Å². The molecule has 19 heavy (non-hydrogen) atoms. The molecule has 1 aromatic carbocycles. The predicted molar refractivity (Wildman–Crippen MR) is 78.4 cm³/mol. The van der Waals surface area contributed by atoms with E-state index < -0.39 is 5.97 Å². The number of urea groups is 1. The second-order valence-electron chi connectivity index (χ2n) is 3.99. The van der Waals surface area contributed by atoms with E-state index >= 15 is 0 Å². The minimum Gasteiger partial charge on any atom is -0.478 e. The Labute approximate surface area is 120 Å². The normalized spacial score (nSPS) is 11.7. The van der Waals surface area contributed by atoms with Gasteiger partial charge in [-0.3, -0.25) is 0 Å². The minimum atomic E-state index is -1.10. The van der Waals surface area contributed by atoms with E-state index in [0.29, 0.717) is 5.69 Å². The van der Waals surface area contributed by atoms with Gasteiger partial charge < -0.3 is 15.7 Å². The van der Waals surface area contributed by atoms with Crippen molar-refractivity contribution in [2.75, 3.05) is 17.3 Å². The fourth-order valence-electron chi connectivity index (χ4n) is 1.47. The van der Waals surface area contributed by atoms with Crippen molar-refractivity contribution in [3.8, 4) is 0 Å². The van der Waals surface area contributed by atoms with Gasteiger partial charge >= 0.3 is 12.0 Å². The average molecular weight is 303 g/mol. The molecule has 0 heterocycles. The number of halogens is 1. The number of carbonyl (C=O) groups is 2. The molecule has 0 aliphatic carbocycles. The summed E-state index contributed by atoms with van der Waals surface area (Å²) in [5, 5.41) is 14.4. The second-order valence-corrected chi connectivity index (χ2v) is 5.34. The maximum absolute atomic E-state index is 11.7. The maximum Gasteiger partial charge on any atom is 0.335 e. The van der Waals surface area contributed by atoms with Crippen LogP contribution in [0.25, 0.3) is 0 Å². The van der Waals surface area contributed by atoms with Gasteiger partial charge in [-0.05, 0) is 31.4 Å². The van der Waals surface area contributed by atoms with Crippen molar-refractivity contribution in [3.63, 3.8) is 0 Å². The number of benzene rings is 1. The number of amides is 2. The molecule has 0 saturated carbocycles. The van der Waals surface area contributed by atoms with Gasteiger partial charge in [-0.1, -0.05) is 11.6 Å². The first kappa shape index (κ1) is 15.7. The summed E-state index contributed by atoms with van der Waals surface area (Å²) < 4.78 is 0. The number of anilines is 1. The number of hydrogen-bond donors (Lipinski definition) is 3. The molecule has 1 unspecified atom stereocenters. The van der Waals surface area contributed by atoms with Crippen LogP contribution in [0.5, 0.6) is 0 Å². The molecule has 0 aliphatic rings. The van der Waals surface area contributed by atoms with E-state index in [0.717, 1.165) is 5.75 Å². The van der Waals surface area contributed by atoms with Gasteiger partial charge in [-0.2, -0.15) is 11.8 Å². The molecule has 1 rings (SSSR count). The maximum atomic E-state index is 11.7. The van der Waals surface area contributed by atoms with E-state index in [-0.39, 0.29) is 22.7 Å². The number of carbonyl (C=O) groups excluding carboxylic acids is 1. The van der Waals surface area contributed by atoms with Crippen LogP contribution in [-0.2, 0) is 0 Å². The van der Waals surface area contributed by atoms with Crippen LogP contribution in [0.1, 0.15) is 17.3 Å². The van der Waals surface area contributed by atoms with Crippen LogP contribution < -0.4 is 10.6 Å². The molecule has 0 aliphatic heterocycles. The van der Waals surface area contributed by atoms with E-state index in [2.05, 4.69) is 10.6 Å². The van der Waals surface area contributed by atoms with Gasteiger partial charge in [0.2, 0.25) is 0 Å². The highest BCUT2D eigenvalue weighted by Gasteiger charge is 2.10. The SMILES string of the molecule is CSCC(C)NC(=O)Nc1cc(Cl)cc(C(=O)O)c1. The summed E-state index contributed by atoms with van der Waals surface area (Å²) in [6.45, 7) is 1.89. The highest BCUT2D eigenvalue weighted by molar-refractivity contribution is 7.98. The molecule has 1 atom stereocenters. The van der Waals surface area contributed by atoms with Crippen molar-refractivity contribution < 1.29 is 14.7 Å². The largest absolute Gasteiger partial charge is 0.478 e. The summed E-state index contributed by atoms with van der Waals surface area (Å²) in [5.74, 6) is -0.301. The second kappa shape index (κ2) is 7.25. The minimum absolute atomic E-state index is 0.0214. The zero-order valence-corrected chi connectivity index (χ0v) is 12.1. The van der Waals surface area contributed by atoms with E-state index in [4.69, 9.17) is 16.7 Å². The topological polar surface area (TPSA) is 78.4 Å². The third-order valence-corrected chi connectivity index (χ3v) is 3.25. The molecular formula is C12H15ClN2O3S. The van der Waals surface area contributed by atoms with E-state index in [1.807, 2.05) is 13.2 Å². The summed E-state index contributed by atoms with van der Waals surface area (Å²) in [7, 11) is 0. The van der Waals surface area contributed by atoms with Crippen LogP contribution in [0.3, 0.4) is 0 Å². The van der Waals surface area contributed by atoms with Gasteiger partial charge in [0.25, 0.3) is 0 Å². The Kier molecular flexibility index (Phi) is 5.98. The lowest BCUT2D eigenvalue weighted by Gasteiger charge is -2.13. The molecule has 104 valence electrons. The Hall–Kier alpha value is -1.40. The molecule has 0 bridgehead atoms.